The highest BCUT2D eigenvalue weighted by Crippen LogP contribution is 2.57. The fourth-order valence-corrected chi connectivity index (χ4v) is 3.97. The van der Waals surface area contributed by atoms with E-state index in [1.54, 1.807) is 13.4 Å². The van der Waals surface area contributed by atoms with E-state index in [1.165, 1.54) is 19.3 Å². The molecule has 3 rings (SSSR count). The second kappa shape index (κ2) is 10.5. The van der Waals surface area contributed by atoms with Crippen molar-refractivity contribution in [2.24, 2.45) is 10.4 Å². The molecule has 2 atom stereocenters. The fraction of sp³-hybridized carbons (Fsp3) is 0.737. The summed E-state index contributed by atoms with van der Waals surface area (Å²) in [5.41, 5.74) is 0.320. The summed E-state index contributed by atoms with van der Waals surface area (Å²) in [6.45, 7) is 4.96. The molecule has 2 unspecified atom stereocenters. The number of furan rings is 1. The molecular formula is C19H32IN3O3. The molecule has 7 heteroatoms. The lowest BCUT2D eigenvalue weighted by Gasteiger charge is -2.61. The van der Waals surface area contributed by atoms with Crippen molar-refractivity contribution in [3.05, 3.63) is 24.2 Å². The number of nitrogens with one attached hydrogen (secondary N) is 2. The minimum absolute atomic E-state index is 0. The van der Waals surface area contributed by atoms with Gasteiger partial charge in [0.15, 0.2) is 5.96 Å². The molecule has 2 aliphatic rings. The third-order valence-electron chi connectivity index (χ3n) is 5.56. The number of rotatable bonds is 9. The number of guanidine groups is 1. The quantitative estimate of drug-likeness (QED) is 0.248. The summed E-state index contributed by atoms with van der Waals surface area (Å²) < 4.78 is 16.5. The summed E-state index contributed by atoms with van der Waals surface area (Å²) in [4.78, 5) is 4.65. The molecule has 0 saturated heterocycles. The summed E-state index contributed by atoms with van der Waals surface area (Å²) in [6, 6.07) is 4.37. The minimum atomic E-state index is 0. The van der Waals surface area contributed by atoms with Gasteiger partial charge in [-0.3, -0.25) is 4.99 Å². The van der Waals surface area contributed by atoms with Gasteiger partial charge in [0.05, 0.1) is 25.5 Å². The predicted molar refractivity (Wildman–Crippen MR) is 113 cm³/mol. The number of ether oxygens (including phenoxy) is 2. The Morgan fingerprint density at radius 2 is 2.27 bits per heavy atom. The highest BCUT2D eigenvalue weighted by atomic mass is 127. The Morgan fingerprint density at radius 3 is 2.88 bits per heavy atom. The van der Waals surface area contributed by atoms with Crippen LogP contribution in [0.1, 0.15) is 38.4 Å². The summed E-state index contributed by atoms with van der Waals surface area (Å²) >= 11 is 0. The number of hydrogen-bond donors (Lipinski definition) is 2. The van der Waals surface area contributed by atoms with Gasteiger partial charge in [0.1, 0.15) is 5.76 Å². The van der Waals surface area contributed by atoms with Crippen molar-refractivity contribution in [3.8, 4) is 0 Å². The van der Waals surface area contributed by atoms with Crippen molar-refractivity contribution in [2.75, 3.05) is 33.4 Å². The Labute approximate surface area is 173 Å². The third-order valence-corrected chi connectivity index (χ3v) is 5.56. The van der Waals surface area contributed by atoms with Gasteiger partial charge in [-0.25, -0.2) is 0 Å². The standard InChI is InChI=1S/C19H31N3O3.HI/c1-3-24-17-14-16(19(17)8-5-9-19)22-18(21-11-13-23-2)20-10-7-15-6-4-12-25-15;/h4,6,12,16-17H,3,5,7-11,13-14H2,1-2H3,(H2,20,21,22);1H. The summed E-state index contributed by atoms with van der Waals surface area (Å²) in [5.74, 6) is 1.86. The van der Waals surface area contributed by atoms with Gasteiger partial charge in [0.25, 0.3) is 0 Å². The van der Waals surface area contributed by atoms with E-state index in [2.05, 4.69) is 22.5 Å². The molecule has 0 aromatic carbocycles. The zero-order chi connectivity index (χ0) is 17.5. The van der Waals surface area contributed by atoms with Gasteiger partial charge in [-0.15, -0.1) is 24.0 Å². The molecule has 6 nitrogen and oxygen atoms in total. The molecule has 1 heterocycles. The maximum Gasteiger partial charge on any atom is 0.191 e. The maximum absolute atomic E-state index is 5.94. The molecule has 1 aromatic rings. The molecule has 0 bridgehead atoms. The Hall–Kier alpha value is -0.800. The van der Waals surface area contributed by atoms with Crippen LogP contribution in [0, 0.1) is 5.41 Å². The van der Waals surface area contributed by atoms with Crippen molar-refractivity contribution in [1.82, 2.24) is 10.6 Å². The van der Waals surface area contributed by atoms with Crippen LogP contribution in [-0.2, 0) is 15.9 Å². The number of halogens is 1. The first kappa shape index (κ1) is 21.5. The van der Waals surface area contributed by atoms with E-state index < -0.39 is 0 Å². The van der Waals surface area contributed by atoms with Gasteiger partial charge in [-0.2, -0.15) is 0 Å². The average Bonchev–Trinajstić information content (AvgIpc) is 3.05. The zero-order valence-electron chi connectivity index (χ0n) is 15.8. The fourth-order valence-electron chi connectivity index (χ4n) is 3.97. The van der Waals surface area contributed by atoms with Crippen LogP contribution in [0.4, 0.5) is 0 Å². The van der Waals surface area contributed by atoms with Crippen LogP contribution in [0.25, 0.3) is 0 Å². The number of methoxy groups -OCH3 is 1. The molecule has 2 saturated carbocycles. The van der Waals surface area contributed by atoms with Crippen LogP contribution in [0.2, 0.25) is 0 Å². The molecule has 0 amide bonds. The van der Waals surface area contributed by atoms with E-state index in [-0.39, 0.29) is 24.0 Å². The largest absolute Gasteiger partial charge is 0.469 e. The van der Waals surface area contributed by atoms with Crippen LogP contribution >= 0.6 is 24.0 Å². The topological polar surface area (TPSA) is 68.0 Å². The van der Waals surface area contributed by atoms with Gasteiger partial charge < -0.3 is 24.5 Å². The van der Waals surface area contributed by atoms with Crippen LogP contribution in [0.5, 0.6) is 0 Å². The Bertz CT molecular complexity index is 546. The second-order valence-corrected chi connectivity index (χ2v) is 6.94. The molecule has 1 spiro atoms. The Balaban J connectivity index is 0.00000243. The molecule has 26 heavy (non-hydrogen) atoms. The highest BCUT2D eigenvalue weighted by molar-refractivity contribution is 14.0. The van der Waals surface area contributed by atoms with E-state index in [9.17, 15) is 0 Å². The van der Waals surface area contributed by atoms with E-state index in [4.69, 9.17) is 13.9 Å². The van der Waals surface area contributed by atoms with E-state index in [0.29, 0.717) is 30.7 Å². The normalized spacial score (nSPS) is 23.7. The summed E-state index contributed by atoms with van der Waals surface area (Å²) in [5, 5.41) is 7.08. The van der Waals surface area contributed by atoms with Crippen molar-refractivity contribution >= 4 is 29.9 Å². The molecule has 1 aromatic heterocycles. The maximum atomic E-state index is 5.94. The van der Waals surface area contributed by atoms with E-state index in [1.807, 2.05) is 12.1 Å². The molecule has 148 valence electrons. The second-order valence-electron chi connectivity index (χ2n) is 6.94. The molecule has 0 aliphatic heterocycles. The van der Waals surface area contributed by atoms with E-state index in [0.717, 1.165) is 37.7 Å². The van der Waals surface area contributed by atoms with Crippen LogP contribution in [0.3, 0.4) is 0 Å². The van der Waals surface area contributed by atoms with Gasteiger partial charge in [0.2, 0.25) is 0 Å². The van der Waals surface area contributed by atoms with Gasteiger partial charge in [0, 0.05) is 38.1 Å². The highest BCUT2D eigenvalue weighted by Gasteiger charge is 2.59. The van der Waals surface area contributed by atoms with Gasteiger partial charge in [-0.1, -0.05) is 6.42 Å². The first-order chi connectivity index (χ1) is 12.3. The molecule has 0 radical (unpaired) electrons. The number of aliphatic imine (C=N–C) groups is 1. The first-order valence-corrected chi connectivity index (χ1v) is 9.46. The SMILES string of the molecule is CCOC1CC(NC(=NCCOC)NCCc2ccco2)C12CCC2.I. The van der Waals surface area contributed by atoms with E-state index >= 15 is 0 Å². The monoisotopic (exact) mass is 477 g/mol. The lowest BCUT2D eigenvalue weighted by Crippen LogP contribution is -2.68. The van der Waals surface area contributed by atoms with Crippen molar-refractivity contribution in [2.45, 2.75) is 51.2 Å². The number of hydrogen-bond acceptors (Lipinski definition) is 4. The summed E-state index contributed by atoms with van der Waals surface area (Å²) in [7, 11) is 1.70. The van der Waals surface area contributed by atoms with Crippen molar-refractivity contribution in [1.29, 1.82) is 0 Å². The Kier molecular flexibility index (Phi) is 8.69. The molecule has 2 N–H and O–H groups in total. The lowest BCUT2D eigenvalue weighted by molar-refractivity contribution is -0.168. The molecule has 2 fully saturated rings. The number of nitrogens with zero attached hydrogens (tertiary/aromatic N) is 1. The van der Waals surface area contributed by atoms with Gasteiger partial charge >= 0.3 is 0 Å². The van der Waals surface area contributed by atoms with Gasteiger partial charge in [-0.05, 0) is 38.3 Å². The average molecular weight is 477 g/mol. The van der Waals surface area contributed by atoms with Crippen LogP contribution < -0.4 is 10.6 Å². The predicted octanol–water partition coefficient (Wildman–Crippen LogP) is 2.97. The van der Waals surface area contributed by atoms with Crippen LogP contribution in [0.15, 0.2) is 27.8 Å². The molecular weight excluding hydrogens is 445 g/mol. The summed E-state index contributed by atoms with van der Waals surface area (Å²) in [6.07, 6.45) is 7.85. The van der Waals surface area contributed by atoms with Crippen LogP contribution in [-0.4, -0.2) is 51.5 Å². The van der Waals surface area contributed by atoms with Crippen molar-refractivity contribution < 1.29 is 13.9 Å². The van der Waals surface area contributed by atoms with Crippen molar-refractivity contribution in [3.63, 3.8) is 0 Å². The first-order valence-electron chi connectivity index (χ1n) is 9.46. The zero-order valence-corrected chi connectivity index (χ0v) is 18.2. The minimum Gasteiger partial charge on any atom is -0.469 e. The third kappa shape index (κ3) is 4.92. The lowest BCUT2D eigenvalue weighted by atomic mass is 9.51. The molecule has 2 aliphatic carbocycles. The Morgan fingerprint density at radius 1 is 1.42 bits per heavy atom. The smallest absolute Gasteiger partial charge is 0.191 e.